The lowest BCUT2D eigenvalue weighted by Gasteiger charge is -2.31. The van der Waals surface area contributed by atoms with E-state index >= 15 is 0 Å². The van der Waals surface area contributed by atoms with Crippen molar-refractivity contribution >= 4 is 34.9 Å². The quantitative estimate of drug-likeness (QED) is 0.158. The molecule has 1 aliphatic heterocycles. The van der Waals surface area contributed by atoms with Crippen LogP contribution in [-0.2, 0) is 33.3 Å². The maximum absolute atomic E-state index is 13.2. The Labute approximate surface area is 242 Å². The summed E-state index contributed by atoms with van der Waals surface area (Å²) >= 11 is 12.3. The highest BCUT2D eigenvalue weighted by molar-refractivity contribution is 6.42. The molecule has 0 aromatic heterocycles. The van der Waals surface area contributed by atoms with E-state index in [1.807, 2.05) is 0 Å². The minimum absolute atomic E-state index is 0.0564. The van der Waals surface area contributed by atoms with Crippen LogP contribution in [0.3, 0.4) is 0 Å². The van der Waals surface area contributed by atoms with E-state index in [0.29, 0.717) is 67.3 Å². The topological polar surface area (TPSA) is 71.4 Å². The molecule has 1 atom stereocenters. The summed E-state index contributed by atoms with van der Waals surface area (Å²) in [5.74, 6) is -1.69. The van der Waals surface area contributed by atoms with Gasteiger partial charge in [0.2, 0.25) is 0 Å². The van der Waals surface area contributed by atoms with Crippen molar-refractivity contribution in [3.63, 3.8) is 0 Å². The molecule has 1 N–H and O–H groups in total. The third-order valence-corrected chi connectivity index (χ3v) is 7.53. The van der Waals surface area contributed by atoms with Crippen LogP contribution in [-0.4, -0.2) is 55.0 Å². The first-order chi connectivity index (χ1) is 19.2. The van der Waals surface area contributed by atoms with E-state index in [4.69, 9.17) is 32.8 Å². The molecule has 0 amide bonds. The number of ether oxygens (including phenoxy) is 1. The lowest BCUT2D eigenvalue weighted by atomic mass is 9.90. The van der Waals surface area contributed by atoms with Crippen LogP contribution >= 0.6 is 23.2 Å². The number of carboxylic acids is 1. The fraction of sp³-hybridized carbons (Fsp3) is 0.481. The lowest BCUT2D eigenvalue weighted by Crippen LogP contribution is -2.37. The Morgan fingerprint density at radius 3 is 2.15 bits per heavy atom. The van der Waals surface area contributed by atoms with Gasteiger partial charge in [-0.15, -0.1) is 0 Å². The zero-order chi connectivity index (χ0) is 30.4. The molecule has 226 valence electrons. The molecule has 3 rings (SSSR count). The van der Waals surface area contributed by atoms with Gasteiger partial charge in [-0.3, -0.25) is 4.79 Å². The van der Waals surface area contributed by atoms with Gasteiger partial charge in [-0.2, -0.15) is 26.3 Å². The smallest absolute Gasteiger partial charge is 0.416 e. The molecular weight excluding hydrogens is 601 g/mol. The number of halogens is 8. The van der Waals surface area contributed by atoms with Gasteiger partial charge in [0.25, 0.3) is 0 Å². The highest BCUT2D eigenvalue weighted by Crippen LogP contribution is 2.37. The van der Waals surface area contributed by atoms with Gasteiger partial charge < -0.3 is 19.6 Å². The summed E-state index contributed by atoms with van der Waals surface area (Å²) < 4.78 is 85.0. The normalized spacial score (nSPS) is 16.6. The first-order valence-corrected chi connectivity index (χ1v) is 13.3. The Hall–Kier alpha value is -2.54. The Morgan fingerprint density at radius 1 is 1.02 bits per heavy atom. The molecule has 41 heavy (non-hydrogen) atoms. The zero-order valence-electron chi connectivity index (χ0n) is 21.9. The number of hydrogen-bond acceptors (Lipinski definition) is 5. The SMILES string of the molecule is CON=C(COCc1cc(C(F)(F)F)cc(C(F)(F)F)c1)C(CCN1CCC(C(=O)O)CC1)c1ccc(Cl)c(Cl)c1. The average Bonchev–Trinajstić information content (AvgIpc) is 2.89. The summed E-state index contributed by atoms with van der Waals surface area (Å²) in [6.45, 7) is 0.886. The molecule has 2 aromatic carbocycles. The van der Waals surface area contributed by atoms with E-state index in [1.54, 1.807) is 18.2 Å². The first kappa shape index (κ1) is 33.0. The van der Waals surface area contributed by atoms with Crippen molar-refractivity contribution in [2.45, 2.75) is 44.1 Å². The van der Waals surface area contributed by atoms with E-state index in [1.165, 1.54) is 7.11 Å². The highest BCUT2D eigenvalue weighted by Gasteiger charge is 2.37. The summed E-state index contributed by atoms with van der Waals surface area (Å²) in [6.07, 6.45) is -8.48. The molecule has 6 nitrogen and oxygen atoms in total. The van der Waals surface area contributed by atoms with Gasteiger partial charge in [-0.05, 0) is 80.4 Å². The second-order valence-corrected chi connectivity index (χ2v) is 10.5. The molecule has 2 aromatic rings. The standard InChI is InChI=1S/C27H28Cl2F6N2O4/c1-40-36-24(15-41-14-16-10-19(26(30,31)32)13-20(11-16)27(33,34)35)21(18-2-3-22(28)23(29)12-18)6-9-37-7-4-17(5-8-37)25(38)39/h2-3,10-13,17,21H,4-9,14-15H2,1H3,(H,38,39). The van der Waals surface area contributed by atoms with Crippen LogP contribution in [0.5, 0.6) is 0 Å². The monoisotopic (exact) mass is 628 g/mol. The number of rotatable bonds is 11. The van der Waals surface area contributed by atoms with Gasteiger partial charge in [0, 0.05) is 5.92 Å². The highest BCUT2D eigenvalue weighted by atomic mass is 35.5. The Kier molecular flexibility index (Phi) is 11.3. The summed E-state index contributed by atoms with van der Waals surface area (Å²) in [5, 5.41) is 13.9. The van der Waals surface area contributed by atoms with Crippen LogP contribution < -0.4 is 0 Å². The average molecular weight is 629 g/mol. The Bertz CT molecular complexity index is 1200. The summed E-state index contributed by atoms with van der Waals surface area (Å²) in [6, 6.07) is 6.24. The number of likely N-dealkylation sites (tertiary alicyclic amines) is 1. The number of carboxylic acid groups (broad SMARTS) is 1. The van der Waals surface area contributed by atoms with Crippen LogP contribution in [0.4, 0.5) is 26.3 Å². The summed E-state index contributed by atoms with van der Waals surface area (Å²) in [5.41, 5.74) is -2.16. The molecule has 0 bridgehead atoms. The molecule has 14 heteroatoms. The molecule has 0 aliphatic carbocycles. The van der Waals surface area contributed by atoms with Gasteiger partial charge >= 0.3 is 18.3 Å². The maximum Gasteiger partial charge on any atom is 0.416 e. The van der Waals surface area contributed by atoms with E-state index < -0.39 is 47.9 Å². The molecule has 0 radical (unpaired) electrons. The van der Waals surface area contributed by atoms with Crippen molar-refractivity contribution in [2.75, 3.05) is 33.4 Å². The summed E-state index contributed by atoms with van der Waals surface area (Å²) in [7, 11) is 1.30. The molecule has 1 fully saturated rings. The number of oxime groups is 1. The van der Waals surface area contributed by atoms with Crippen molar-refractivity contribution in [1.29, 1.82) is 0 Å². The predicted molar refractivity (Wildman–Crippen MR) is 141 cm³/mol. The van der Waals surface area contributed by atoms with Gasteiger partial charge in [0.05, 0.1) is 46.0 Å². The van der Waals surface area contributed by atoms with Gasteiger partial charge in [0.1, 0.15) is 7.11 Å². The first-order valence-electron chi connectivity index (χ1n) is 12.5. The second-order valence-electron chi connectivity index (χ2n) is 9.64. The van der Waals surface area contributed by atoms with Crippen LogP contribution in [0.1, 0.15) is 47.4 Å². The maximum atomic E-state index is 13.2. The van der Waals surface area contributed by atoms with Crippen LogP contribution in [0.2, 0.25) is 10.0 Å². The van der Waals surface area contributed by atoms with Crippen LogP contribution in [0.15, 0.2) is 41.6 Å². The number of nitrogens with zero attached hydrogens (tertiary/aromatic N) is 2. The largest absolute Gasteiger partial charge is 0.481 e. The number of piperidine rings is 1. The van der Waals surface area contributed by atoms with E-state index in [9.17, 15) is 36.2 Å². The van der Waals surface area contributed by atoms with Crippen molar-refractivity contribution in [1.82, 2.24) is 4.90 Å². The molecule has 1 aliphatic rings. The number of alkyl halides is 6. The van der Waals surface area contributed by atoms with Crippen molar-refractivity contribution < 1.29 is 45.8 Å². The summed E-state index contributed by atoms with van der Waals surface area (Å²) in [4.78, 5) is 18.4. The van der Waals surface area contributed by atoms with Crippen molar-refractivity contribution in [3.8, 4) is 0 Å². The second kappa shape index (κ2) is 14.1. The number of aliphatic carboxylic acids is 1. The third-order valence-electron chi connectivity index (χ3n) is 6.79. The predicted octanol–water partition coefficient (Wildman–Crippen LogP) is 7.52. The minimum Gasteiger partial charge on any atom is -0.481 e. The molecule has 1 unspecified atom stereocenters. The van der Waals surface area contributed by atoms with Gasteiger partial charge in [0.15, 0.2) is 0 Å². The molecule has 1 saturated heterocycles. The lowest BCUT2D eigenvalue weighted by molar-refractivity contribution is -0.144. The van der Waals surface area contributed by atoms with Crippen LogP contribution in [0, 0.1) is 5.92 Å². The molecular formula is C27H28Cl2F6N2O4. The van der Waals surface area contributed by atoms with Crippen molar-refractivity contribution in [3.05, 3.63) is 68.7 Å². The molecule has 0 saturated carbocycles. The number of carbonyl (C=O) groups is 1. The third kappa shape index (κ3) is 9.49. The van der Waals surface area contributed by atoms with Gasteiger partial charge in [-0.25, -0.2) is 0 Å². The molecule has 0 spiro atoms. The zero-order valence-corrected chi connectivity index (χ0v) is 23.4. The van der Waals surface area contributed by atoms with E-state index in [0.717, 1.165) is 0 Å². The fourth-order valence-corrected chi connectivity index (χ4v) is 4.96. The van der Waals surface area contributed by atoms with Crippen molar-refractivity contribution in [2.24, 2.45) is 11.1 Å². The Balaban J connectivity index is 1.79. The van der Waals surface area contributed by atoms with Gasteiger partial charge in [-0.1, -0.05) is 34.4 Å². The number of hydrogen-bond donors (Lipinski definition) is 1. The van der Waals surface area contributed by atoms with E-state index in [2.05, 4.69) is 10.1 Å². The minimum atomic E-state index is -4.98. The molecule has 1 heterocycles. The fourth-order valence-electron chi connectivity index (χ4n) is 4.65. The van der Waals surface area contributed by atoms with E-state index in [-0.39, 0.29) is 23.3 Å². The number of benzene rings is 2. The van der Waals surface area contributed by atoms with Crippen LogP contribution in [0.25, 0.3) is 0 Å². The Morgan fingerprint density at radius 2 is 1.63 bits per heavy atom.